The van der Waals surface area contributed by atoms with Gasteiger partial charge in [0.05, 0.1) is 6.10 Å². The Bertz CT molecular complexity index is 389. The fraction of sp³-hybridized carbons (Fsp3) is 0.600. The number of halogens is 1. The Morgan fingerprint density at radius 1 is 1.35 bits per heavy atom. The summed E-state index contributed by atoms with van der Waals surface area (Å²) < 4.78 is 1.07. The van der Waals surface area contributed by atoms with Crippen LogP contribution in [0, 0.1) is 18.8 Å². The van der Waals surface area contributed by atoms with Crippen molar-refractivity contribution in [3.8, 4) is 0 Å². The molecular formula is C15H21BrO. The average molecular weight is 297 g/mol. The molecule has 0 radical (unpaired) electrons. The van der Waals surface area contributed by atoms with Gasteiger partial charge in [-0.2, -0.15) is 0 Å². The van der Waals surface area contributed by atoms with Gasteiger partial charge < -0.3 is 5.11 Å². The second-order valence-corrected chi connectivity index (χ2v) is 6.25. The molecule has 1 aliphatic carbocycles. The maximum absolute atomic E-state index is 10.5. The molecule has 17 heavy (non-hydrogen) atoms. The molecule has 1 aliphatic rings. The molecule has 1 nitrogen and oxygen atoms in total. The third-order valence-corrected chi connectivity index (χ3v) is 5.05. The molecule has 0 amide bonds. The van der Waals surface area contributed by atoms with Crippen LogP contribution in [0.1, 0.15) is 49.8 Å². The van der Waals surface area contributed by atoms with Crippen LogP contribution in [-0.4, -0.2) is 5.11 Å². The van der Waals surface area contributed by atoms with E-state index in [1.165, 1.54) is 18.4 Å². The Kier molecular flexibility index (Phi) is 4.26. The van der Waals surface area contributed by atoms with Gasteiger partial charge in [-0.25, -0.2) is 0 Å². The van der Waals surface area contributed by atoms with Crippen LogP contribution in [0.15, 0.2) is 22.7 Å². The van der Waals surface area contributed by atoms with E-state index >= 15 is 0 Å². The van der Waals surface area contributed by atoms with Gasteiger partial charge in [0.25, 0.3) is 0 Å². The van der Waals surface area contributed by atoms with Crippen molar-refractivity contribution in [2.75, 3.05) is 0 Å². The van der Waals surface area contributed by atoms with Gasteiger partial charge in [0.1, 0.15) is 0 Å². The molecular weight excluding hydrogens is 276 g/mol. The minimum Gasteiger partial charge on any atom is -0.388 e. The zero-order valence-electron chi connectivity index (χ0n) is 10.6. The van der Waals surface area contributed by atoms with Gasteiger partial charge in [0.15, 0.2) is 0 Å². The van der Waals surface area contributed by atoms with E-state index in [0.29, 0.717) is 5.92 Å². The van der Waals surface area contributed by atoms with Crippen LogP contribution in [0.2, 0.25) is 0 Å². The van der Waals surface area contributed by atoms with E-state index in [1.807, 2.05) is 12.1 Å². The summed E-state index contributed by atoms with van der Waals surface area (Å²) in [5.41, 5.74) is 2.26. The van der Waals surface area contributed by atoms with Crippen molar-refractivity contribution < 1.29 is 5.11 Å². The van der Waals surface area contributed by atoms with E-state index in [9.17, 15) is 5.11 Å². The third kappa shape index (κ3) is 2.92. The van der Waals surface area contributed by atoms with E-state index in [2.05, 4.69) is 35.8 Å². The molecule has 2 rings (SSSR count). The van der Waals surface area contributed by atoms with Gasteiger partial charge >= 0.3 is 0 Å². The van der Waals surface area contributed by atoms with Gasteiger partial charge in [0.2, 0.25) is 0 Å². The molecule has 3 unspecified atom stereocenters. The zero-order valence-corrected chi connectivity index (χ0v) is 12.2. The van der Waals surface area contributed by atoms with Gasteiger partial charge in [-0.15, -0.1) is 0 Å². The van der Waals surface area contributed by atoms with Crippen molar-refractivity contribution in [1.29, 1.82) is 0 Å². The summed E-state index contributed by atoms with van der Waals surface area (Å²) in [5, 5.41) is 10.5. The SMILES string of the molecule is Cc1cccc(C(O)C2CCCC(C)C2)c1Br. The first kappa shape index (κ1) is 13.1. The standard InChI is InChI=1S/C15H21BrO/c1-10-5-3-7-12(9-10)15(17)13-8-4-6-11(2)14(13)16/h4,6,8,10,12,15,17H,3,5,7,9H2,1-2H3. The van der Waals surface area contributed by atoms with Crippen LogP contribution in [0.25, 0.3) is 0 Å². The monoisotopic (exact) mass is 296 g/mol. The summed E-state index contributed by atoms with van der Waals surface area (Å²) in [6.07, 6.45) is 4.57. The predicted octanol–water partition coefficient (Wildman–Crippen LogP) is 4.62. The minimum absolute atomic E-state index is 0.313. The highest BCUT2D eigenvalue weighted by Crippen LogP contribution is 2.39. The Balaban J connectivity index is 2.18. The summed E-state index contributed by atoms with van der Waals surface area (Å²) in [4.78, 5) is 0. The molecule has 0 spiro atoms. The van der Waals surface area contributed by atoms with E-state index in [1.54, 1.807) is 0 Å². The molecule has 1 aromatic rings. The summed E-state index contributed by atoms with van der Waals surface area (Å²) >= 11 is 3.60. The second-order valence-electron chi connectivity index (χ2n) is 5.45. The van der Waals surface area contributed by atoms with Crippen molar-refractivity contribution in [3.05, 3.63) is 33.8 Å². The summed E-state index contributed by atoms with van der Waals surface area (Å²) in [6.45, 7) is 4.37. The molecule has 1 fully saturated rings. The fourth-order valence-electron chi connectivity index (χ4n) is 2.92. The molecule has 3 atom stereocenters. The quantitative estimate of drug-likeness (QED) is 0.844. The van der Waals surface area contributed by atoms with Crippen LogP contribution < -0.4 is 0 Å². The molecule has 1 N–H and O–H groups in total. The van der Waals surface area contributed by atoms with Gasteiger partial charge in [-0.3, -0.25) is 0 Å². The van der Waals surface area contributed by atoms with Crippen LogP contribution in [0.4, 0.5) is 0 Å². The first-order valence-corrected chi connectivity index (χ1v) is 7.32. The molecule has 94 valence electrons. The fourth-order valence-corrected chi connectivity index (χ4v) is 3.42. The largest absolute Gasteiger partial charge is 0.388 e. The maximum Gasteiger partial charge on any atom is 0.0829 e. The van der Waals surface area contributed by atoms with Crippen LogP contribution >= 0.6 is 15.9 Å². The summed E-state index contributed by atoms with van der Waals surface area (Å²) in [5.74, 6) is 1.18. The van der Waals surface area contributed by atoms with Crippen LogP contribution in [-0.2, 0) is 0 Å². The topological polar surface area (TPSA) is 20.2 Å². The van der Waals surface area contributed by atoms with E-state index in [-0.39, 0.29) is 6.10 Å². The Morgan fingerprint density at radius 2 is 2.12 bits per heavy atom. The Morgan fingerprint density at radius 3 is 2.82 bits per heavy atom. The first-order chi connectivity index (χ1) is 8.09. The second kappa shape index (κ2) is 5.53. The summed E-state index contributed by atoms with van der Waals surface area (Å²) in [6, 6.07) is 6.15. The van der Waals surface area contributed by atoms with Crippen molar-refractivity contribution in [2.45, 2.75) is 45.6 Å². The third-order valence-electron chi connectivity index (χ3n) is 3.96. The van der Waals surface area contributed by atoms with Crippen LogP contribution in [0.3, 0.4) is 0 Å². The Hall–Kier alpha value is -0.340. The van der Waals surface area contributed by atoms with Gasteiger partial charge in [-0.1, -0.05) is 53.9 Å². The zero-order chi connectivity index (χ0) is 12.4. The lowest BCUT2D eigenvalue weighted by Gasteiger charge is -2.31. The molecule has 1 saturated carbocycles. The molecule has 0 aliphatic heterocycles. The molecule has 2 heteroatoms. The number of rotatable bonds is 2. The highest BCUT2D eigenvalue weighted by molar-refractivity contribution is 9.10. The van der Waals surface area contributed by atoms with Crippen LogP contribution in [0.5, 0.6) is 0 Å². The van der Waals surface area contributed by atoms with Crippen molar-refractivity contribution in [3.63, 3.8) is 0 Å². The number of hydrogen-bond donors (Lipinski definition) is 1. The number of hydrogen-bond acceptors (Lipinski definition) is 1. The lowest BCUT2D eigenvalue weighted by atomic mass is 9.78. The molecule has 1 aromatic carbocycles. The maximum atomic E-state index is 10.5. The molecule has 0 aromatic heterocycles. The number of aliphatic hydroxyl groups is 1. The predicted molar refractivity (Wildman–Crippen MR) is 75.0 cm³/mol. The highest BCUT2D eigenvalue weighted by atomic mass is 79.9. The molecule has 0 bridgehead atoms. The first-order valence-electron chi connectivity index (χ1n) is 6.52. The average Bonchev–Trinajstić information content (AvgIpc) is 2.32. The molecule has 0 heterocycles. The van der Waals surface area contributed by atoms with E-state index < -0.39 is 0 Å². The normalized spacial score (nSPS) is 26.8. The molecule has 0 saturated heterocycles. The number of aryl methyl sites for hydroxylation is 1. The van der Waals surface area contributed by atoms with E-state index in [4.69, 9.17) is 0 Å². The number of aliphatic hydroxyl groups excluding tert-OH is 1. The lowest BCUT2D eigenvalue weighted by molar-refractivity contribution is 0.0708. The van der Waals surface area contributed by atoms with E-state index in [0.717, 1.165) is 28.8 Å². The minimum atomic E-state index is -0.313. The van der Waals surface area contributed by atoms with Crippen molar-refractivity contribution in [1.82, 2.24) is 0 Å². The lowest BCUT2D eigenvalue weighted by Crippen LogP contribution is -2.20. The smallest absolute Gasteiger partial charge is 0.0829 e. The van der Waals surface area contributed by atoms with Gasteiger partial charge in [0, 0.05) is 4.47 Å². The van der Waals surface area contributed by atoms with Crippen molar-refractivity contribution >= 4 is 15.9 Å². The summed E-state index contributed by atoms with van der Waals surface area (Å²) in [7, 11) is 0. The number of benzene rings is 1. The highest BCUT2D eigenvalue weighted by Gasteiger charge is 2.27. The van der Waals surface area contributed by atoms with Crippen molar-refractivity contribution in [2.24, 2.45) is 11.8 Å². The van der Waals surface area contributed by atoms with Gasteiger partial charge in [-0.05, 0) is 42.7 Å². The Labute approximate surface area is 112 Å².